The Morgan fingerprint density at radius 1 is 0.853 bits per heavy atom. The van der Waals surface area contributed by atoms with Crippen LogP contribution in [0.4, 0.5) is 5.69 Å². The van der Waals surface area contributed by atoms with Crippen LogP contribution in [0.3, 0.4) is 0 Å². The maximum absolute atomic E-state index is 13.1. The first kappa shape index (κ1) is 22.9. The number of esters is 1. The summed E-state index contributed by atoms with van der Waals surface area (Å²) in [5, 5.41) is 2.71. The Balaban J connectivity index is 1.51. The summed E-state index contributed by atoms with van der Waals surface area (Å²) in [4.78, 5) is 52.4. The van der Waals surface area contributed by atoms with Gasteiger partial charge in [0.1, 0.15) is 6.04 Å². The Morgan fingerprint density at radius 2 is 1.41 bits per heavy atom. The maximum Gasteiger partial charge on any atom is 0.330 e. The van der Waals surface area contributed by atoms with Gasteiger partial charge in [-0.3, -0.25) is 19.3 Å². The van der Waals surface area contributed by atoms with Crippen LogP contribution < -0.4 is 5.32 Å². The summed E-state index contributed by atoms with van der Waals surface area (Å²) >= 11 is 0. The van der Waals surface area contributed by atoms with Crippen LogP contribution in [-0.4, -0.2) is 41.2 Å². The molecule has 1 atom stereocenters. The molecule has 7 heteroatoms. The van der Waals surface area contributed by atoms with E-state index in [2.05, 4.69) is 5.32 Å². The number of hydrogen-bond acceptors (Lipinski definition) is 5. The molecule has 172 valence electrons. The quantitative estimate of drug-likeness (QED) is 0.432. The number of ether oxygens (including phenoxy) is 1. The molecule has 0 unspecified atom stereocenters. The van der Waals surface area contributed by atoms with Crippen LogP contribution in [0.2, 0.25) is 0 Å². The summed E-state index contributed by atoms with van der Waals surface area (Å²) in [5.41, 5.74) is 3.80. The van der Waals surface area contributed by atoms with Gasteiger partial charge in [0.25, 0.3) is 17.7 Å². The molecule has 0 bridgehead atoms. The van der Waals surface area contributed by atoms with E-state index in [0.29, 0.717) is 5.69 Å². The summed E-state index contributed by atoms with van der Waals surface area (Å²) in [5.74, 6) is -2.45. The Bertz CT molecular complexity index is 1210. The fraction of sp³-hybridized carbons (Fsp3) is 0.185. The number of nitrogens with zero attached hydrogens (tertiary/aromatic N) is 1. The number of carbonyl (C=O) groups is 4. The lowest BCUT2D eigenvalue weighted by Gasteiger charge is -2.24. The molecule has 7 nitrogen and oxygen atoms in total. The molecule has 0 aliphatic carbocycles. The van der Waals surface area contributed by atoms with Crippen LogP contribution in [0, 0.1) is 13.8 Å². The molecule has 0 saturated carbocycles. The van der Waals surface area contributed by atoms with Crippen LogP contribution in [0.5, 0.6) is 0 Å². The number of rotatable bonds is 7. The van der Waals surface area contributed by atoms with Crippen molar-refractivity contribution in [3.05, 3.63) is 101 Å². The SMILES string of the molecule is Cc1cc(C)cc(NC(=O)COC(=O)[C@@H](Cc2ccccc2)N2C(=O)c3ccccc3C2=O)c1. The van der Waals surface area contributed by atoms with Crippen molar-refractivity contribution in [3.63, 3.8) is 0 Å². The highest BCUT2D eigenvalue weighted by Crippen LogP contribution is 2.26. The van der Waals surface area contributed by atoms with E-state index >= 15 is 0 Å². The average Bonchev–Trinajstić information content (AvgIpc) is 3.06. The van der Waals surface area contributed by atoms with Crippen molar-refractivity contribution in [1.82, 2.24) is 4.90 Å². The Morgan fingerprint density at radius 3 is 2.00 bits per heavy atom. The largest absolute Gasteiger partial charge is 0.454 e. The molecule has 1 N–H and O–H groups in total. The third-order valence-corrected chi connectivity index (χ3v) is 5.53. The first-order valence-corrected chi connectivity index (χ1v) is 10.9. The van der Waals surface area contributed by atoms with Gasteiger partial charge in [0.15, 0.2) is 6.61 Å². The van der Waals surface area contributed by atoms with Gasteiger partial charge in [-0.1, -0.05) is 48.5 Å². The topological polar surface area (TPSA) is 92.8 Å². The highest BCUT2D eigenvalue weighted by Gasteiger charge is 2.43. The summed E-state index contributed by atoms with van der Waals surface area (Å²) < 4.78 is 5.28. The minimum Gasteiger partial charge on any atom is -0.454 e. The molecule has 3 aromatic carbocycles. The van der Waals surface area contributed by atoms with E-state index in [0.717, 1.165) is 21.6 Å². The van der Waals surface area contributed by atoms with Crippen molar-refractivity contribution >= 4 is 29.4 Å². The molecule has 0 radical (unpaired) electrons. The summed E-state index contributed by atoms with van der Waals surface area (Å²) in [6.45, 7) is 3.29. The third-order valence-electron chi connectivity index (χ3n) is 5.53. The number of hydrogen-bond donors (Lipinski definition) is 1. The van der Waals surface area contributed by atoms with Gasteiger partial charge >= 0.3 is 5.97 Å². The highest BCUT2D eigenvalue weighted by atomic mass is 16.5. The fourth-order valence-corrected chi connectivity index (χ4v) is 4.09. The number of aryl methyl sites for hydroxylation is 2. The molecule has 3 amide bonds. The van der Waals surface area contributed by atoms with E-state index in [1.807, 2.05) is 38.1 Å². The van der Waals surface area contributed by atoms with Gasteiger partial charge in [-0.2, -0.15) is 0 Å². The van der Waals surface area contributed by atoms with Gasteiger partial charge in [-0.15, -0.1) is 0 Å². The second kappa shape index (κ2) is 9.70. The molecule has 0 saturated heterocycles. The zero-order valence-electron chi connectivity index (χ0n) is 18.9. The highest BCUT2D eigenvalue weighted by molar-refractivity contribution is 6.22. The lowest BCUT2D eigenvalue weighted by molar-refractivity contribution is -0.151. The standard InChI is InChI=1S/C27H24N2O5/c1-17-12-18(2)14-20(13-17)28-24(30)16-34-27(33)23(15-19-8-4-3-5-9-19)29-25(31)21-10-6-7-11-22(21)26(29)32/h3-14,23H,15-16H2,1-2H3,(H,28,30)/t23-/m1/s1. The normalized spacial score (nSPS) is 13.4. The Hall–Kier alpha value is -4.26. The second-order valence-corrected chi connectivity index (χ2v) is 8.26. The van der Waals surface area contributed by atoms with Gasteiger partial charge in [0.05, 0.1) is 11.1 Å². The molecule has 3 aromatic rings. The molecule has 0 fully saturated rings. The van der Waals surface area contributed by atoms with E-state index in [4.69, 9.17) is 4.74 Å². The summed E-state index contributed by atoms with van der Waals surface area (Å²) in [6.07, 6.45) is 0.0732. The molecular formula is C27H24N2O5. The summed E-state index contributed by atoms with van der Waals surface area (Å²) in [6, 6.07) is 19.9. The Kier molecular flexibility index (Phi) is 6.54. The molecular weight excluding hydrogens is 432 g/mol. The van der Waals surface area contributed by atoms with E-state index in [-0.39, 0.29) is 17.5 Å². The molecule has 1 aliphatic heterocycles. The molecule has 1 heterocycles. The van der Waals surface area contributed by atoms with Crippen molar-refractivity contribution in [3.8, 4) is 0 Å². The fourth-order valence-electron chi connectivity index (χ4n) is 4.09. The van der Waals surface area contributed by atoms with Crippen molar-refractivity contribution in [2.24, 2.45) is 0 Å². The zero-order chi connectivity index (χ0) is 24.2. The van der Waals surface area contributed by atoms with Gasteiger partial charge in [0.2, 0.25) is 0 Å². The Labute approximate surface area is 197 Å². The van der Waals surface area contributed by atoms with E-state index < -0.39 is 36.3 Å². The second-order valence-electron chi connectivity index (χ2n) is 8.26. The van der Waals surface area contributed by atoms with Crippen LogP contribution in [0.1, 0.15) is 37.4 Å². The molecule has 0 aromatic heterocycles. The molecule has 1 aliphatic rings. The van der Waals surface area contributed by atoms with Gasteiger partial charge in [-0.25, -0.2) is 4.79 Å². The van der Waals surface area contributed by atoms with Crippen LogP contribution in [-0.2, 0) is 20.7 Å². The van der Waals surface area contributed by atoms with E-state index in [1.54, 1.807) is 48.5 Å². The number of carbonyl (C=O) groups excluding carboxylic acids is 4. The van der Waals surface area contributed by atoms with Crippen molar-refractivity contribution < 1.29 is 23.9 Å². The molecule has 0 spiro atoms. The van der Waals surface area contributed by atoms with E-state index in [1.165, 1.54) is 0 Å². The predicted octanol–water partition coefficient (Wildman–Crippen LogP) is 3.69. The monoisotopic (exact) mass is 456 g/mol. The number of fused-ring (bicyclic) bond motifs is 1. The first-order valence-electron chi connectivity index (χ1n) is 10.9. The lowest BCUT2D eigenvalue weighted by Crippen LogP contribution is -2.47. The third kappa shape index (κ3) is 4.88. The first-order chi connectivity index (χ1) is 16.3. The van der Waals surface area contributed by atoms with E-state index in [9.17, 15) is 19.2 Å². The van der Waals surface area contributed by atoms with Crippen molar-refractivity contribution in [2.45, 2.75) is 26.3 Å². The number of imide groups is 1. The minimum atomic E-state index is -1.20. The van der Waals surface area contributed by atoms with Crippen LogP contribution in [0.25, 0.3) is 0 Å². The zero-order valence-corrected chi connectivity index (χ0v) is 18.9. The smallest absolute Gasteiger partial charge is 0.330 e. The maximum atomic E-state index is 13.1. The number of amides is 3. The molecule has 34 heavy (non-hydrogen) atoms. The van der Waals surface area contributed by atoms with Crippen LogP contribution in [0.15, 0.2) is 72.8 Å². The number of anilines is 1. The van der Waals surface area contributed by atoms with Gasteiger partial charge in [0, 0.05) is 12.1 Å². The van der Waals surface area contributed by atoms with Crippen LogP contribution >= 0.6 is 0 Å². The summed E-state index contributed by atoms with van der Waals surface area (Å²) in [7, 11) is 0. The van der Waals surface area contributed by atoms with Crippen molar-refractivity contribution in [2.75, 3.05) is 11.9 Å². The predicted molar refractivity (Wildman–Crippen MR) is 126 cm³/mol. The minimum absolute atomic E-state index is 0.0732. The number of nitrogens with one attached hydrogen (secondary N) is 1. The van der Waals surface area contributed by atoms with Crippen molar-refractivity contribution in [1.29, 1.82) is 0 Å². The van der Waals surface area contributed by atoms with Gasteiger partial charge in [-0.05, 0) is 54.8 Å². The lowest BCUT2D eigenvalue weighted by atomic mass is 10.0. The average molecular weight is 456 g/mol. The molecule has 4 rings (SSSR count). The number of benzene rings is 3. The van der Waals surface area contributed by atoms with Gasteiger partial charge < -0.3 is 10.1 Å².